The highest BCUT2D eigenvalue weighted by Gasteiger charge is 2.26. The lowest BCUT2D eigenvalue weighted by Crippen LogP contribution is -2.49. The Morgan fingerprint density at radius 1 is 1.20 bits per heavy atom. The van der Waals surface area contributed by atoms with Gasteiger partial charge in [-0.25, -0.2) is 4.39 Å². The smallest absolute Gasteiger partial charge is 0.258 e. The number of likely N-dealkylation sites (tertiary alicyclic amines) is 1. The molecule has 1 aliphatic rings. The van der Waals surface area contributed by atoms with Gasteiger partial charge in [-0.2, -0.15) is 0 Å². The van der Waals surface area contributed by atoms with Crippen molar-refractivity contribution in [2.75, 3.05) is 25.0 Å². The molecule has 6 nitrogen and oxygen atoms in total. The highest BCUT2D eigenvalue weighted by Crippen LogP contribution is 2.22. The summed E-state index contributed by atoms with van der Waals surface area (Å²) < 4.78 is 18.7. The molecule has 0 radical (unpaired) electrons. The summed E-state index contributed by atoms with van der Waals surface area (Å²) >= 11 is 0. The number of hydrogen-bond donors (Lipinski definition) is 2. The van der Waals surface area contributed by atoms with E-state index in [1.165, 1.54) is 43.6 Å². The average molecular weight is 416 g/mol. The van der Waals surface area contributed by atoms with Gasteiger partial charge in [0.25, 0.3) is 11.8 Å². The molecule has 0 unspecified atom stereocenters. The van der Waals surface area contributed by atoms with Crippen molar-refractivity contribution in [2.24, 2.45) is 11.8 Å². The standard InChI is InChI=1S/C23H30FN3O3/c1-15(2)21(27-9-6-16(3)7-10-27)13-25-23(29)19-5-4-18(24)12-20(19)26-22(28)17-8-11-30-14-17/h4-5,8,11-12,14-16,21H,6-7,9-10,13H2,1-3H3,(H,25,29)(H,26,28)/t21-/m1/s1. The predicted molar refractivity (Wildman–Crippen MR) is 114 cm³/mol. The second kappa shape index (κ2) is 9.89. The van der Waals surface area contributed by atoms with E-state index in [0.29, 0.717) is 18.0 Å². The van der Waals surface area contributed by atoms with Gasteiger partial charge in [0.1, 0.15) is 12.1 Å². The number of piperidine rings is 1. The van der Waals surface area contributed by atoms with E-state index in [1.807, 2.05) is 0 Å². The molecule has 2 amide bonds. The van der Waals surface area contributed by atoms with Gasteiger partial charge in [0.15, 0.2) is 0 Å². The Kier molecular flexibility index (Phi) is 7.26. The molecular formula is C23H30FN3O3. The molecule has 3 rings (SSSR count). The van der Waals surface area contributed by atoms with Crippen molar-refractivity contribution in [2.45, 2.75) is 39.7 Å². The molecule has 1 aromatic heterocycles. The zero-order chi connectivity index (χ0) is 21.7. The zero-order valence-electron chi connectivity index (χ0n) is 17.8. The number of carbonyl (C=O) groups excluding carboxylic acids is 2. The van der Waals surface area contributed by atoms with Gasteiger partial charge in [-0.3, -0.25) is 14.5 Å². The van der Waals surface area contributed by atoms with Crippen LogP contribution in [0.15, 0.2) is 41.2 Å². The SMILES string of the molecule is CC1CCN([C@H](CNC(=O)c2ccc(F)cc2NC(=O)c2ccoc2)C(C)C)CC1. The maximum absolute atomic E-state index is 13.8. The summed E-state index contributed by atoms with van der Waals surface area (Å²) in [5, 5.41) is 5.59. The minimum Gasteiger partial charge on any atom is -0.472 e. The van der Waals surface area contributed by atoms with E-state index in [4.69, 9.17) is 4.42 Å². The maximum atomic E-state index is 13.8. The van der Waals surface area contributed by atoms with E-state index in [-0.39, 0.29) is 23.2 Å². The van der Waals surface area contributed by atoms with Crippen LogP contribution >= 0.6 is 0 Å². The number of nitrogens with zero attached hydrogens (tertiary/aromatic N) is 1. The molecule has 1 saturated heterocycles. The fourth-order valence-electron chi connectivity index (χ4n) is 3.85. The number of anilines is 1. The average Bonchev–Trinajstić information content (AvgIpc) is 3.24. The first-order valence-corrected chi connectivity index (χ1v) is 10.5. The predicted octanol–water partition coefficient (Wildman–Crippen LogP) is 4.16. The van der Waals surface area contributed by atoms with Gasteiger partial charge in [0.2, 0.25) is 0 Å². The Labute approximate surface area is 176 Å². The summed E-state index contributed by atoms with van der Waals surface area (Å²) in [5.74, 6) is -0.215. The number of rotatable bonds is 7. The third kappa shape index (κ3) is 5.48. The largest absolute Gasteiger partial charge is 0.472 e. The van der Waals surface area contributed by atoms with Crippen LogP contribution in [0.4, 0.5) is 10.1 Å². The molecule has 1 fully saturated rings. The minimum atomic E-state index is -0.531. The molecule has 0 bridgehead atoms. The van der Waals surface area contributed by atoms with Crippen molar-refractivity contribution < 1.29 is 18.4 Å². The summed E-state index contributed by atoms with van der Waals surface area (Å²) in [6.45, 7) is 9.15. The van der Waals surface area contributed by atoms with Gasteiger partial charge >= 0.3 is 0 Å². The topological polar surface area (TPSA) is 74.6 Å². The Morgan fingerprint density at radius 2 is 1.93 bits per heavy atom. The second-order valence-electron chi connectivity index (χ2n) is 8.40. The minimum absolute atomic E-state index is 0.131. The van der Waals surface area contributed by atoms with E-state index in [1.54, 1.807) is 0 Å². The number of halogens is 1. The highest BCUT2D eigenvalue weighted by molar-refractivity contribution is 6.08. The number of nitrogens with one attached hydrogen (secondary N) is 2. The molecule has 0 saturated carbocycles. The fourth-order valence-corrected chi connectivity index (χ4v) is 3.85. The van der Waals surface area contributed by atoms with Crippen molar-refractivity contribution in [3.8, 4) is 0 Å². The third-order valence-electron chi connectivity index (χ3n) is 5.79. The quantitative estimate of drug-likeness (QED) is 0.712. The molecule has 1 aliphatic heterocycles. The summed E-state index contributed by atoms with van der Waals surface area (Å²) in [4.78, 5) is 27.6. The van der Waals surface area contributed by atoms with Gasteiger partial charge in [0, 0.05) is 12.6 Å². The first-order chi connectivity index (χ1) is 14.3. The van der Waals surface area contributed by atoms with Crippen molar-refractivity contribution in [1.82, 2.24) is 10.2 Å². The summed E-state index contributed by atoms with van der Waals surface area (Å²) in [5.41, 5.74) is 0.652. The number of benzene rings is 1. The third-order valence-corrected chi connectivity index (χ3v) is 5.79. The van der Waals surface area contributed by atoms with Gasteiger partial charge in [-0.1, -0.05) is 20.8 Å². The van der Waals surface area contributed by atoms with Crippen LogP contribution in [-0.4, -0.2) is 42.4 Å². The molecule has 0 aliphatic carbocycles. The number of hydrogen-bond acceptors (Lipinski definition) is 4. The first-order valence-electron chi connectivity index (χ1n) is 10.5. The molecule has 1 aromatic carbocycles. The van der Waals surface area contributed by atoms with E-state index < -0.39 is 11.7 Å². The van der Waals surface area contributed by atoms with Crippen LogP contribution in [0.2, 0.25) is 0 Å². The molecule has 2 aromatic rings. The van der Waals surface area contributed by atoms with Crippen LogP contribution in [0.25, 0.3) is 0 Å². The molecule has 0 spiro atoms. The Hall–Kier alpha value is -2.67. The number of amides is 2. The van der Waals surface area contributed by atoms with Gasteiger partial charge in [0.05, 0.1) is 23.1 Å². The van der Waals surface area contributed by atoms with Crippen molar-refractivity contribution >= 4 is 17.5 Å². The van der Waals surface area contributed by atoms with E-state index in [0.717, 1.165) is 25.1 Å². The zero-order valence-corrected chi connectivity index (χ0v) is 17.8. The van der Waals surface area contributed by atoms with Crippen molar-refractivity contribution in [3.63, 3.8) is 0 Å². The van der Waals surface area contributed by atoms with E-state index >= 15 is 0 Å². The molecule has 7 heteroatoms. The lowest BCUT2D eigenvalue weighted by molar-refractivity contribution is 0.0863. The Bertz CT molecular complexity index is 859. The molecular weight excluding hydrogens is 385 g/mol. The number of furan rings is 1. The lowest BCUT2D eigenvalue weighted by atomic mass is 9.94. The van der Waals surface area contributed by atoms with Crippen LogP contribution < -0.4 is 10.6 Å². The number of carbonyl (C=O) groups is 2. The van der Waals surface area contributed by atoms with Crippen molar-refractivity contribution in [1.29, 1.82) is 0 Å². The van der Waals surface area contributed by atoms with Crippen LogP contribution in [0.5, 0.6) is 0 Å². The normalized spacial score (nSPS) is 16.4. The van der Waals surface area contributed by atoms with Crippen LogP contribution in [0.3, 0.4) is 0 Å². The first kappa shape index (κ1) is 22.0. The monoisotopic (exact) mass is 415 g/mol. The summed E-state index contributed by atoms with van der Waals surface area (Å²) in [7, 11) is 0. The van der Waals surface area contributed by atoms with Gasteiger partial charge < -0.3 is 15.1 Å². The van der Waals surface area contributed by atoms with Crippen LogP contribution in [0, 0.1) is 17.7 Å². The Morgan fingerprint density at radius 3 is 2.57 bits per heavy atom. The lowest BCUT2D eigenvalue weighted by Gasteiger charge is -2.39. The highest BCUT2D eigenvalue weighted by atomic mass is 19.1. The van der Waals surface area contributed by atoms with Gasteiger partial charge in [-0.05, 0) is 62.0 Å². The van der Waals surface area contributed by atoms with Gasteiger partial charge in [-0.15, -0.1) is 0 Å². The van der Waals surface area contributed by atoms with E-state index in [9.17, 15) is 14.0 Å². The van der Waals surface area contributed by atoms with E-state index in [2.05, 4.69) is 36.3 Å². The van der Waals surface area contributed by atoms with Crippen molar-refractivity contribution in [3.05, 3.63) is 53.7 Å². The Balaban J connectivity index is 1.69. The molecule has 1 atom stereocenters. The summed E-state index contributed by atoms with van der Waals surface area (Å²) in [6, 6.07) is 5.49. The summed E-state index contributed by atoms with van der Waals surface area (Å²) in [6.07, 6.45) is 5.00. The maximum Gasteiger partial charge on any atom is 0.258 e. The fraction of sp³-hybridized carbons (Fsp3) is 0.478. The molecule has 2 heterocycles. The van der Waals surface area contributed by atoms with Crippen LogP contribution in [-0.2, 0) is 0 Å². The second-order valence-corrected chi connectivity index (χ2v) is 8.40. The molecule has 30 heavy (non-hydrogen) atoms. The molecule has 162 valence electrons. The van der Waals surface area contributed by atoms with Crippen LogP contribution in [0.1, 0.15) is 54.3 Å². The molecule has 2 N–H and O–H groups in total.